The quantitative estimate of drug-likeness (QED) is 0.768. The molecule has 0 saturated heterocycles. The molecule has 1 heterocycles. The Morgan fingerprint density at radius 3 is 3.00 bits per heavy atom. The summed E-state index contributed by atoms with van der Waals surface area (Å²) >= 11 is 0. The van der Waals surface area contributed by atoms with E-state index in [1.165, 1.54) is 12.1 Å². The third-order valence-corrected chi connectivity index (χ3v) is 3.88. The second-order valence-corrected chi connectivity index (χ2v) is 4.63. The molecule has 1 aromatic carbocycles. The van der Waals surface area contributed by atoms with Gasteiger partial charge in [-0.2, -0.15) is 0 Å². The van der Waals surface area contributed by atoms with E-state index in [0.717, 1.165) is 12.0 Å². The summed E-state index contributed by atoms with van der Waals surface area (Å²) in [5, 5.41) is 0. The number of fused-ring (bicyclic) bond motifs is 2. The zero-order chi connectivity index (χ0) is 11.5. The van der Waals surface area contributed by atoms with Crippen molar-refractivity contribution in [3.63, 3.8) is 0 Å². The summed E-state index contributed by atoms with van der Waals surface area (Å²) in [4.78, 5) is 13.7. The standard InChI is InChI=1S/C12H13FN2O/c1-15-10-4-8(13)2-3-9(10)12(11(15)16)5-7(12)6-14/h2-4,7H,5-6,14H2,1H3. The molecule has 1 amide bonds. The topological polar surface area (TPSA) is 46.3 Å². The number of halogens is 1. The monoisotopic (exact) mass is 220 g/mol. The molecule has 2 unspecified atom stereocenters. The van der Waals surface area contributed by atoms with E-state index < -0.39 is 5.41 Å². The molecule has 1 aliphatic heterocycles. The summed E-state index contributed by atoms with van der Waals surface area (Å²) in [6.45, 7) is 0.510. The Hall–Kier alpha value is -1.42. The molecule has 1 saturated carbocycles. The van der Waals surface area contributed by atoms with Crippen molar-refractivity contribution in [2.75, 3.05) is 18.5 Å². The van der Waals surface area contributed by atoms with Gasteiger partial charge in [-0.25, -0.2) is 4.39 Å². The first-order valence-corrected chi connectivity index (χ1v) is 5.39. The number of carbonyl (C=O) groups excluding carboxylic acids is 1. The van der Waals surface area contributed by atoms with E-state index in [9.17, 15) is 9.18 Å². The van der Waals surface area contributed by atoms with E-state index >= 15 is 0 Å². The predicted molar refractivity (Wildman–Crippen MR) is 58.6 cm³/mol. The summed E-state index contributed by atoms with van der Waals surface area (Å²) in [5.41, 5.74) is 6.84. The lowest BCUT2D eigenvalue weighted by Crippen LogP contribution is -2.30. The normalized spacial score (nSPS) is 31.1. The maximum Gasteiger partial charge on any atom is 0.237 e. The van der Waals surface area contributed by atoms with Crippen LogP contribution < -0.4 is 10.6 Å². The first-order valence-electron chi connectivity index (χ1n) is 5.39. The van der Waals surface area contributed by atoms with Crippen molar-refractivity contribution in [1.82, 2.24) is 0 Å². The molecule has 4 heteroatoms. The molecule has 16 heavy (non-hydrogen) atoms. The number of nitrogens with two attached hydrogens (primary N) is 1. The Kier molecular flexibility index (Phi) is 1.73. The lowest BCUT2D eigenvalue weighted by Gasteiger charge is -2.10. The Morgan fingerprint density at radius 1 is 1.62 bits per heavy atom. The molecule has 0 aromatic heterocycles. The highest BCUT2D eigenvalue weighted by molar-refractivity contribution is 6.10. The van der Waals surface area contributed by atoms with E-state index in [4.69, 9.17) is 5.73 Å². The first kappa shape index (κ1) is 9.78. The number of anilines is 1. The summed E-state index contributed by atoms with van der Waals surface area (Å²) < 4.78 is 13.2. The van der Waals surface area contributed by atoms with Crippen LogP contribution in [0.2, 0.25) is 0 Å². The van der Waals surface area contributed by atoms with Gasteiger partial charge in [-0.1, -0.05) is 6.07 Å². The number of rotatable bonds is 1. The maximum absolute atomic E-state index is 13.2. The van der Waals surface area contributed by atoms with Gasteiger partial charge in [-0.05, 0) is 36.6 Å². The average molecular weight is 220 g/mol. The van der Waals surface area contributed by atoms with Gasteiger partial charge in [-0.3, -0.25) is 4.79 Å². The van der Waals surface area contributed by atoms with Crippen molar-refractivity contribution >= 4 is 11.6 Å². The fourth-order valence-corrected chi connectivity index (χ4v) is 2.89. The molecule has 2 atom stereocenters. The molecule has 1 fully saturated rings. The Morgan fingerprint density at radius 2 is 2.38 bits per heavy atom. The van der Waals surface area contributed by atoms with Gasteiger partial charge >= 0.3 is 0 Å². The van der Waals surface area contributed by atoms with Crippen LogP contribution in [0.25, 0.3) is 0 Å². The molecule has 2 N–H and O–H groups in total. The van der Waals surface area contributed by atoms with Crippen LogP contribution in [0.1, 0.15) is 12.0 Å². The van der Waals surface area contributed by atoms with Crippen LogP contribution in [0.15, 0.2) is 18.2 Å². The summed E-state index contributed by atoms with van der Waals surface area (Å²) in [5.74, 6) is -0.0295. The highest BCUT2D eigenvalue weighted by Gasteiger charge is 2.65. The summed E-state index contributed by atoms with van der Waals surface area (Å²) in [6.07, 6.45) is 0.797. The number of hydrogen-bond donors (Lipinski definition) is 1. The van der Waals surface area contributed by atoms with Crippen molar-refractivity contribution in [1.29, 1.82) is 0 Å². The van der Waals surface area contributed by atoms with Crippen molar-refractivity contribution < 1.29 is 9.18 Å². The van der Waals surface area contributed by atoms with Crippen molar-refractivity contribution in [3.05, 3.63) is 29.6 Å². The largest absolute Gasteiger partial charge is 0.330 e. The van der Waals surface area contributed by atoms with Gasteiger partial charge in [0.15, 0.2) is 0 Å². The third kappa shape index (κ3) is 0.930. The van der Waals surface area contributed by atoms with Gasteiger partial charge in [0.05, 0.1) is 11.1 Å². The molecule has 1 aromatic rings. The number of amides is 1. The van der Waals surface area contributed by atoms with Crippen molar-refractivity contribution in [2.45, 2.75) is 11.8 Å². The van der Waals surface area contributed by atoms with Gasteiger partial charge < -0.3 is 10.6 Å². The molecule has 1 spiro atoms. The molecule has 84 valence electrons. The van der Waals surface area contributed by atoms with E-state index in [-0.39, 0.29) is 17.6 Å². The maximum atomic E-state index is 13.2. The minimum atomic E-state index is -0.438. The zero-order valence-corrected chi connectivity index (χ0v) is 9.03. The number of carbonyl (C=O) groups is 1. The fraction of sp³-hybridized carbons (Fsp3) is 0.417. The first-order chi connectivity index (χ1) is 7.61. The lowest BCUT2D eigenvalue weighted by atomic mass is 9.95. The highest BCUT2D eigenvalue weighted by atomic mass is 19.1. The van der Waals surface area contributed by atoms with Crippen LogP contribution in [0.4, 0.5) is 10.1 Å². The molecule has 0 radical (unpaired) electrons. The van der Waals surface area contributed by atoms with E-state index in [1.807, 2.05) is 0 Å². The van der Waals surface area contributed by atoms with Crippen LogP contribution >= 0.6 is 0 Å². The minimum absolute atomic E-state index is 0.0588. The molecule has 3 rings (SSSR count). The van der Waals surface area contributed by atoms with Crippen LogP contribution in [0.3, 0.4) is 0 Å². The Labute approximate surface area is 93.0 Å². The SMILES string of the molecule is CN1C(=O)C2(CC2CN)c2ccc(F)cc21. The summed E-state index contributed by atoms with van der Waals surface area (Å²) in [7, 11) is 1.70. The van der Waals surface area contributed by atoms with E-state index in [1.54, 1.807) is 18.0 Å². The number of nitrogens with zero attached hydrogens (tertiary/aromatic N) is 1. The summed E-state index contributed by atoms with van der Waals surface area (Å²) in [6, 6.07) is 4.56. The second-order valence-electron chi connectivity index (χ2n) is 4.63. The number of likely N-dealkylation sites (N-methyl/N-ethyl adjacent to an activating group) is 1. The predicted octanol–water partition coefficient (Wildman–Crippen LogP) is 1.02. The number of hydrogen-bond acceptors (Lipinski definition) is 2. The smallest absolute Gasteiger partial charge is 0.237 e. The third-order valence-electron chi connectivity index (χ3n) is 3.88. The van der Waals surface area contributed by atoms with E-state index in [2.05, 4.69) is 0 Å². The van der Waals surface area contributed by atoms with Crippen LogP contribution in [-0.4, -0.2) is 19.5 Å². The second kappa shape index (κ2) is 2.83. The lowest BCUT2D eigenvalue weighted by molar-refractivity contribution is -0.120. The highest BCUT2D eigenvalue weighted by Crippen LogP contribution is 2.60. The van der Waals surface area contributed by atoms with Gasteiger partial charge in [0.2, 0.25) is 5.91 Å². The molecular weight excluding hydrogens is 207 g/mol. The van der Waals surface area contributed by atoms with Gasteiger partial charge in [0.1, 0.15) is 5.82 Å². The average Bonchev–Trinajstić information content (AvgIpc) is 2.98. The van der Waals surface area contributed by atoms with Gasteiger partial charge in [-0.15, -0.1) is 0 Å². The van der Waals surface area contributed by atoms with Gasteiger partial charge in [0.25, 0.3) is 0 Å². The number of benzene rings is 1. The van der Waals surface area contributed by atoms with Crippen molar-refractivity contribution in [3.8, 4) is 0 Å². The molecular formula is C12H13FN2O. The fourth-order valence-electron chi connectivity index (χ4n) is 2.89. The molecule has 0 bridgehead atoms. The Balaban J connectivity index is 2.17. The van der Waals surface area contributed by atoms with E-state index in [0.29, 0.717) is 12.2 Å². The molecule has 3 nitrogen and oxygen atoms in total. The van der Waals surface area contributed by atoms with Crippen LogP contribution in [0.5, 0.6) is 0 Å². The van der Waals surface area contributed by atoms with Crippen molar-refractivity contribution in [2.24, 2.45) is 11.7 Å². The molecule has 1 aliphatic carbocycles. The molecule has 2 aliphatic rings. The Bertz CT molecular complexity index is 488. The van der Waals surface area contributed by atoms with Gasteiger partial charge in [0, 0.05) is 7.05 Å². The van der Waals surface area contributed by atoms with Crippen LogP contribution in [-0.2, 0) is 10.2 Å². The minimum Gasteiger partial charge on any atom is -0.330 e. The zero-order valence-electron chi connectivity index (χ0n) is 9.03. The van der Waals surface area contributed by atoms with Crippen LogP contribution in [0, 0.1) is 11.7 Å².